The van der Waals surface area contributed by atoms with Gasteiger partial charge in [0.25, 0.3) is 5.91 Å². The number of amides is 1. The van der Waals surface area contributed by atoms with Gasteiger partial charge in [-0.3, -0.25) is 4.79 Å². The number of unbranched alkanes of at least 4 members (excludes halogenated alkanes) is 1. The SMILES string of the molecule is CCCCOc1ncccc1CNC(=O)c1cccc(CS(C)(=O)=O)c1. The number of hydrogen-bond acceptors (Lipinski definition) is 5. The molecule has 0 aliphatic heterocycles. The number of rotatable bonds is 9. The van der Waals surface area contributed by atoms with Crippen LogP contribution in [0, 0.1) is 0 Å². The van der Waals surface area contributed by atoms with Crippen LogP contribution < -0.4 is 10.1 Å². The topological polar surface area (TPSA) is 85.4 Å². The van der Waals surface area contributed by atoms with Gasteiger partial charge in [-0.25, -0.2) is 13.4 Å². The van der Waals surface area contributed by atoms with Gasteiger partial charge in [0.1, 0.15) is 0 Å². The number of sulfone groups is 1. The van der Waals surface area contributed by atoms with Crippen molar-refractivity contribution in [2.45, 2.75) is 32.1 Å². The molecule has 7 heteroatoms. The van der Waals surface area contributed by atoms with Gasteiger partial charge in [0.2, 0.25) is 5.88 Å². The molecule has 0 fully saturated rings. The minimum atomic E-state index is -3.15. The summed E-state index contributed by atoms with van der Waals surface area (Å²) in [5.41, 5.74) is 1.80. The third-order valence-corrected chi connectivity index (χ3v) is 4.50. The highest BCUT2D eigenvalue weighted by Crippen LogP contribution is 2.15. The third-order valence-electron chi connectivity index (χ3n) is 3.64. The van der Waals surface area contributed by atoms with Gasteiger partial charge in [0.15, 0.2) is 9.84 Å². The van der Waals surface area contributed by atoms with Gasteiger partial charge in [0.05, 0.1) is 12.4 Å². The van der Waals surface area contributed by atoms with E-state index < -0.39 is 9.84 Å². The molecule has 1 aromatic carbocycles. The normalized spacial score (nSPS) is 11.2. The molecule has 0 unspecified atom stereocenters. The summed E-state index contributed by atoms with van der Waals surface area (Å²) in [6, 6.07) is 10.3. The second kappa shape index (κ2) is 9.33. The Kier molecular flexibility index (Phi) is 7.15. The first-order valence-corrected chi connectivity index (χ1v) is 10.6. The first-order valence-electron chi connectivity index (χ1n) is 8.50. The van der Waals surface area contributed by atoms with Crippen LogP contribution in [0.2, 0.25) is 0 Å². The number of nitrogens with one attached hydrogen (secondary N) is 1. The lowest BCUT2D eigenvalue weighted by atomic mass is 10.1. The Labute approximate surface area is 154 Å². The molecule has 6 nitrogen and oxygen atoms in total. The van der Waals surface area contributed by atoms with E-state index in [0.717, 1.165) is 18.4 Å². The summed E-state index contributed by atoms with van der Waals surface area (Å²) in [6.45, 7) is 2.95. The average Bonchev–Trinajstić information content (AvgIpc) is 2.59. The highest BCUT2D eigenvalue weighted by atomic mass is 32.2. The zero-order chi connectivity index (χ0) is 19.0. The smallest absolute Gasteiger partial charge is 0.251 e. The lowest BCUT2D eigenvalue weighted by Gasteiger charge is -2.11. The van der Waals surface area contributed by atoms with Crippen molar-refractivity contribution in [3.8, 4) is 5.88 Å². The van der Waals surface area contributed by atoms with Gasteiger partial charge in [-0.2, -0.15) is 0 Å². The number of hydrogen-bond donors (Lipinski definition) is 1. The van der Waals surface area contributed by atoms with Crippen LogP contribution in [0.3, 0.4) is 0 Å². The Morgan fingerprint density at radius 1 is 1.23 bits per heavy atom. The van der Waals surface area contributed by atoms with Crippen LogP contribution in [0.5, 0.6) is 5.88 Å². The zero-order valence-electron chi connectivity index (χ0n) is 15.1. The molecule has 1 heterocycles. The van der Waals surface area contributed by atoms with E-state index in [1.165, 1.54) is 6.26 Å². The van der Waals surface area contributed by atoms with Crippen LogP contribution in [0.15, 0.2) is 42.6 Å². The van der Waals surface area contributed by atoms with Crippen LogP contribution in [0.1, 0.15) is 41.3 Å². The van der Waals surface area contributed by atoms with E-state index in [0.29, 0.717) is 23.6 Å². The van der Waals surface area contributed by atoms with Gasteiger partial charge in [0, 0.05) is 30.1 Å². The molecule has 2 rings (SSSR count). The van der Waals surface area contributed by atoms with Crippen LogP contribution in [0.25, 0.3) is 0 Å². The molecule has 0 spiro atoms. The highest BCUT2D eigenvalue weighted by Gasteiger charge is 2.11. The number of carbonyl (C=O) groups is 1. The second-order valence-corrected chi connectivity index (χ2v) is 8.26. The quantitative estimate of drug-likeness (QED) is 0.680. The van der Waals surface area contributed by atoms with Gasteiger partial charge in [-0.15, -0.1) is 0 Å². The lowest BCUT2D eigenvalue weighted by Crippen LogP contribution is -2.23. The van der Waals surface area contributed by atoms with Crippen molar-refractivity contribution in [2.75, 3.05) is 12.9 Å². The Morgan fingerprint density at radius 2 is 2.04 bits per heavy atom. The van der Waals surface area contributed by atoms with E-state index >= 15 is 0 Å². The monoisotopic (exact) mass is 376 g/mol. The minimum absolute atomic E-state index is 0.0911. The summed E-state index contributed by atoms with van der Waals surface area (Å²) in [6.07, 6.45) is 4.79. The molecule has 1 amide bonds. The first kappa shape index (κ1) is 19.9. The van der Waals surface area contributed by atoms with Crippen molar-refractivity contribution < 1.29 is 17.9 Å². The van der Waals surface area contributed by atoms with E-state index in [2.05, 4.69) is 17.2 Å². The van der Waals surface area contributed by atoms with Crippen molar-refractivity contribution >= 4 is 15.7 Å². The number of nitrogens with zero attached hydrogens (tertiary/aromatic N) is 1. The molecule has 140 valence electrons. The maximum absolute atomic E-state index is 12.4. The predicted octanol–water partition coefficient (Wildman–Crippen LogP) is 2.74. The molecular formula is C19H24N2O4S. The molecule has 0 aliphatic rings. The Hall–Kier alpha value is -2.41. The van der Waals surface area contributed by atoms with E-state index in [4.69, 9.17) is 4.74 Å². The number of pyridine rings is 1. The van der Waals surface area contributed by atoms with E-state index in [1.54, 1.807) is 36.5 Å². The van der Waals surface area contributed by atoms with Crippen molar-refractivity contribution in [1.29, 1.82) is 0 Å². The maximum atomic E-state index is 12.4. The molecular weight excluding hydrogens is 352 g/mol. The average molecular weight is 376 g/mol. The van der Waals surface area contributed by atoms with Crippen molar-refractivity contribution in [1.82, 2.24) is 10.3 Å². The van der Waals surface area contributed by atoms with Crippen LogP contribution in [-0.2, 0) is 22.1 Å². The number of ether oxygens (including phenoxy) is 1. The molecule has 0 radical (unpaired) electrons. The lowest BCUT2D eigenvalue weighted by molar-refractivity contribution is 0.0950. The highest BCUT2D eigenvalue weighted by molar-refractivity contribution is 7.89. The van der Waals surface area contributed by atoms with Crippen LogP contribution in [0.4, 0.5) is 0 Å². The maximum Gasteiger partial charge on any atom is 0.251 e. The van der Waals surface area contributed by atoms with Gasteiger partial charge >= 0.3 is 0 Å². The first-order chi connectivity index (χ1) is 12.4. The predicted molar refractivity (Wildman–Crippen MR) is 101 cm³/mol. The van der Waals surface area contributed by atoms with Crippen LogP contribution >= 0.6 is 0 Å². The molecule has 0 saturated carbocycles. The summed E-state index contributed by atoms with van der Waals surface area (Å²) in [5.74, 6) is 0.155. The Bertz CT molecular complexity index is 850. The van der Waals surface area contributed by atoms with Crippen molar-refractivity contribution in [3.05, 3.63) is 59.3 Å². The fourth-order valence-electron chi connectivity index (χ4n) is 2.38. The molecule has 1 aromatic heterocycles. The number of aromatic nitrogens is 1. The standard InChI is InChI=1S/C19H24N2O4S/c1-3-4-11-25-19-17(9-6-10-20-19)13-21-18(22)16-8-5-7-15(12-16)14-26(2,23)24/h5-10,12H,3-4,11,13-14H2,1-2H3,(H,21,22). The summed E-state index contributed by atoms with van der Waals surface area (Å²) >= 11 is 0. The zero-order valence-corrected chi connectivity index (χ0v) is 15.9. The fourth-order valence-corrected chi connectivity index (χ4v) is 3.17. The van der Waals surface area contributed by atoms with E-state index in [1.807, 2.05) is 6.07 Å². The van der Waals surface area contributed by atoms with Crippen LogP contribution in [-0.4, -0.2) is 32.2 Å². The van der Waals surface area contributed by atoms with E-state index in [-0.39, 0.29) is 18.2 Å². The molecule has 0 atom stereocenters. The molecule has 1 N–H and O–H groups in total. The number of carbonyl (C=O) groups excluding carboxylic acids is 1. The Morgan fingerprint density at radius 3 is 2.77 bits per heavy atom. The molecule has 0 saturated heterocycles. The second-order valence-electron chi connectivity index (χ2n) is 6.12. The molecule has 0 aliphatic carbocycles. The minimum Gasteiger partial charge on any atom is -0.477 e. The summed E-state index contributed by atoms with van der Waals surface area (Å²) in [4.78, 5) is 16.6. The van der Waals surface area contributed by atoms with Gasteiger partial charge in [-0.1, -0.05) is 31.5 Å². The Balaban J connectivity index is 2.02. The number of benzene rings is 1. The molecule has 0 bridgehead atoms. The van der Waals surface area contributed by atoms with Gasteiger partial charge < -0.3 is 10.1 Å². The summed E-state index contributed by atoms with van der Waals surface area (Å²) in [5, 5.41) is 2.83. The third kappa shape index (κ3) is 6.48. The van der Waals surface area contributed by atoms with Gasteiger partial charge in [-0.05, 0) is 30.2 Å². The summed E-state index contributed by atoms with van der Waals surface area (Å²) in [7, 11) is -3.15. The van der Waals surface area contributed by atoms with E-state index in [9.17, 15) is 13.2 Å². The van der Waals surface area contributed by atoms with Crippen molar-refractivity contribution in [3.63, 3.8) is 0 Å². The molecule has 2 aromatic rings. The fraction of sp³-hybridized carbons (Fsp3) is 0.368. The van der Waals surface area contributed by atoms with Crippen molar-refractivity contribution in [2.24, 2.45) is 0 Å². The summed E-state index contributed by atoms with van der Waals surface area (Å²) < 4.78 is 28.5. The largest absolute Gasteiger partial charge is 0.477 e. The molecule has 26 heavy (non-hydrogen) atoms.